The number of aromatic amines is 1. The molecule has 2 heterocycles. The zero-order valence-corrected chi connectivity index (χ0v) is 10.6. The molecule has 8 nitrogen and oxygen atoms in total. The molecule has 0 spiro atoms. The Morgan fingerprint density at radius 2 is 1.86 bits per heavy atom. The van der Waals surface area contributed by atoms with Crippen LogP contribution in [0.3, 0.4) is 0 Å². The molecule has 0 bridgehead atoms. The molecule has 3 aromatic rings. The van der Waals surface area contributed by atoms with Crippen molar-refractivity contribution in [2.45, 2.75) is 0 Å². The van der Waals surface area contributed by atoms with Gasteiger partial charge in [0.15, 0.2) is 5.82 Å². The summed E-state index contributed by atoms with van der Waals surface area (Å²) in [7, 11) is 0. The highest BCUT2D eigenvalue weighted by atomic mass is 16.4. The molecule has 2 aromatic heterocycles. The number of H-pyrrole nitrogens is 1. The number of carbonyl (C=O) groups excluding carboxylic acids is 1. The van der Waals surface area contributed by atoms with Crippen LogP contribution < -0.4 is 5.32 Å². The highest BCUT2D eigenvalue weighted by Crippen LogP contribution is 2.13. The standard InChI is InChI=1S/C13H9N5O3/c19-12(16-11-6-10(13(20)21)17-18-11)7-1-2-8-9(5-7)15-4-3-14-8/h1-6H,(H,20,21)(H2,16,17,18,19). The minimum atomic E-state index is -1.15. The van der Waals surface area contributed by atoms with Crippen molar-refractivity contribution in [3.63, 3.8) is 0 Å². The fraction of sp³-hybridized carbons (Fsp3) is 0. The van der Waals surface area contributed by atoms with Crippen molar-refractivity contribution < 1.29 is 14.7 Å². The largest absolute Gasteiger partial charge is 0.477 e. The van der Waals surface area contributed by atoms with E-state index in [0.29, 0.717) is 16.6 Å². The third kappa shape index (κ3) is 2.54. The summed E-state index contributed by atoms with van der Waals surface area (Å²) in [4.78, 5) is 31.0. The van der Waals surface area contributed by atoms with Gasteiger partial charge in [-0.25, -0.2) is 4.79 Å². The normalized spacial score (nSPS) is 10.5. The zero-order valence-electron chi connectivity index (χ0n) is 10.6. The number of hydrogen-bond donors (Lipinski definition) is 3. The predicted molar refractivity (Wildman–Crippen MR) is 73.0 cm³/mol. The first kappa shape index (κ1) is 12.7. The minimum Gasteiger partial charge on any atom is -0.477 e. The lowest BCUT2D eigenvalue weighted by molar-refractivity contribution is 0.0690. The maximum absolute atomic E-state index is 12.1. The minimum absolute atomic E-state index is 0.102. The van der Waals surface area contributed by atoms with Crippen molar-refractivity contribution >= 4 is 28.7 Å². The Labute approximate surface area is 117 Å². The van der Waals surface area contributed by atoms with Gasteiger partial charge in [-0.05, 0) is 18.2 Å². The van der Waals surface area contributed by atoms with Gasteiger partial charge in [0.2, 0.25) is 0 Å². The van der Waals surface area contributed by atoms with Gasteiger partial charge in [-0.2, -0.15) is 5.10 Å². The number of carboxylic acids is 1. The van der Waals surface area contributed by atoms with Crippen LogP contribution in [0.25, 0.3) is 11.0 Å². The summed E-state index contributed by atoms with van der Waals surface area (Å²) in [6.45, 7) is 0. The molecule has 3 N–H and O–H groups in total. The number of rotatable bonds is 3. The average molecular weight is 283 g/mol. The Morgan fingerprint density at radius 1 is 1.10 bits per heavy atom. The van der Waals surface area contributed by atoms with E-state index in [2.05, 4.69) is 25.5 Å². The Bertz CT molecular complexity index is 842. The second-order valence-corrected chi connectivity index (χ2v) is 4.19. The maximum Gasteiger partial charge on any atom is 0.353 e. The molecule has 21 heavy (non-hydrogen) atoms. The summed E-state index contributed by atoms with van der Waals surface area (Å²) in [5, 5.41) is 17.3. The molecular weight excluding hydrogens is 274 g/mol. The molecule has 1 amide bonds. The van der Waals surface area contributed by atoms with E-state index in [1.807, 2.05) is 0 Å². The molecule has 0 atom stereocenters. The van der Waals surface area contributed by atoms with Crippen LogP contribution >= 0.6 is 0 Å². The molecule has 104 valence electrons. The monoisotopic (exact) mass is 283 g/mol. The van der Waals surface area contributed by atoms with Crippen LogP contribution in [0.4, 0.5) is 5.82 Å². The second kappa shape index (κ2) is 5.00. The van der Waals surface area contributed by atoms with Crippen LogP contribution in [-0.4, -0.2) is 37.1 Å². The summed E-state index contributed by atoms with van der Waals surface area (Å²) in [5.41, 5.74) is 1.55. The molecule has 0 saturated heterocycles. The van der Waals surface area contributed by atoms with Gasteiger partial charge in [0.25, 0.3) is 5.91 Å². The van der Waals surface area contributed by atoms with E-state index in [9.17, 15) is 9.59 Å². The predicted octanol–water partition coefficient (Wildman–Crippen LogP) is 1.30. The van der Waals surface area contributed by atoms with E-state index >= 15 is 0 Å². The molecule has 0 saturated carbocycles. The van der Waals surface area contributed by atoms with Crippen molar-refractivity contribution in [1.29, 1.82) is 0 Å². The van der Waals surface area contributed by atoms with Crippen molar-refractivity contribution in [2.24, 2.45) is 0 Å². The Hall–Kier alpha value is -3.29. The van der Waals surface area contributed by atoms with Crippen LogP contribution in [0.2, 0.25) is 0 Å². The SMILES string of the molecule is O=C(Nc1cc(C(=O)O)[nH]n1)c1ccc2nccnc2c1. The number of hydrogen-bond acceptors (Lipinski definition) is 5. The van der Waals surface area contributed by atoms with Gasteiger partial charge < -0.3 is 10.4 Å². The van der Waals surface area contributed by atoms with E-state index in [4.69, 9.17) is 5.11 Å². The number of nitrogens with one attached hydrogen (secondary N) is 2. The smallest absolute Gasteiger partial charge is 0.353 e. The number of amides is 1. The summed E-state index contributed by atoms with van der Waals surface area (Å²) in [6.07, 6.45) is 3.11. The Balaban J connectivity index is 1.84. The lowest BCUT2D eigenvalue weighted by Gasteiger charge is -2.02. The van der Waals surface area contributed by atoms with Crippen LogP contribution in [0.15, 0.2) is 36.7 Å². The van der Waals surface area contributed by atoms with Crippen LogP contribution in [-0.2, 0) is 0 Å². The van der Waals surface area contributed by atoms with E-state index in [1.165, 1.54) is 12.3 Å². The summed E-state index contributed by atoms with van der Waals surface area (Å²) in [5.74, 6) is -1.42. The average Bonchev–Trinajstić information content (AvgIpc) is 2.95. The van der Waals surface area contributed by atoms with E-state index in [1.54, 1.807) is 24.4 Å². The highest BCUT2D eigenvalue weighted by molar-refractivity contribution is 6.05. The maximum atomic E-state index is 12.1. The highest BCUT2D eigenvalue weighted by Gasteiger charge is 2.12. The molecular formula is C13H9N5O3. The zero-order chi connectivity index (χ0) is 14.8. The number of nitrogens with zero attached hydrogens (tertiary/aromatic N) is 3. The number of anilines is 1. The van der Waals surface area contributed by atoms with Crippen molar-refractivity contribution in [2.75, 3.05) is 5.32 Å². The third-order valence-electron chi connectivity index (χ3n) is 2.78. The third-order valence-corrected chi connectivity index (χ3v) is 2.78. The fourth-order valence-corrected chi connectivity index (χ4v) is 1.79. The van der Waals surface area contributed by atoms with Crippen molar-refractivity contribution in [1.82, 2.24) is 20.2 Å². The number of aromatic carboxylic acids is 1. The number of carboxylic acid groups (broad SMARTS) is 1. The molecule has 3 rings (SSSR count). The Morgan fingerprint density at radius 3 is 2.57 bits per heavy atom. The molecule has 8 heteroatoms. The number of carbonyl (C=O) groups is 2. The van der Waals surface area contributed by atoms with Gasteiger partial charge in [0, 0.05) is 24.0 Å². The van der Waals surface area contributed by atoms with Crippen molar-refractivity contribution in [3.05, 3.63) is 47.9 Å². The Kier molecular flexibility index (Phi) is 3.03. The van der Waals surface area contributed by atoms with Gasteiger partial charge >= 0.3 is 5.97 Å². The quantitative estimate of drug-likeness (QED) is 0.666. The first-order chi connectivity index (χ1) is 10.1. The van der Waals surface area contributed by atoms with E-state index in [-0.39, 0.29) is 11.5 Å². The van der Waals surface area contributed by atoms with E-state index in [0.717, 1.165) is 0 Å². The first-order valence-corrected chi connectivity index (χ1v) is 5.94. The summed E-state index contributed by atoms with van der Waals surface area (Å²) >= 11 is 0. The molecule has 0 unspecified atom stereocenters. The van der Waals surface area contributed by atoms with Gasteiger partial charge in [-0.15, -0.1) is 0 Å². The topological polar surface area (TPSA) is 121 Å². The molecule has 0 aliphatic rings. The van der Waals surface area contributed by atoms with Crippen LogP contribution in [0, 0.1) is 0 Å². The van der Waals surface area contributed by atoms with Gasteiger partial charge in [-0.1, -0.05) is 0 Å². The van der Waals surface area contributed by atoms with Gasteiger partial charge in [-0.3, -0.25) is 19.9 Å². The fourth-order valence-electron chi connectivity index (χ4n) is 1.79. The lowest BCUT2D eigenvalue weighted by atomic mass is 10.2. The first-order valence-electron chi connectivity index (χ1n) is 5.94. The number of aromatic nitrogens is 4. The van der Waals surface area contributed by atoms with Crippen LogP contribution in [0.1, 0.15) is 20.8 Å². The lowest BCUT2D eigenvalue weighted by Crippen LogP contribution is -2.12. The number of fused-ring (bicyclic) bond motifs is 1. The summed E-state index contributed by atoms with van der Waals surface area (Å²) < 4.78 is 0. The molecule has 0 fully saturated rings. The number of benzene rings is 1. The summed E-state index contributed by atoms with van der Waals surface area (Å²) in [6, 6.07) is 6.13. The molecule has 0 aliphatic heterocycles. The molecule has 0 radical (unpaired) electrons. The van der Waals surface area contributed by atoms with Crippen molar-refractivity contribution in [3.8, 4) is 0 Å². The van der Waals surface area contributed by atoms with Crippen LogP contribution in [0.5, 0.6) is 0 Å². The van der Waals surface area contributed by atoms with Gasteiger partial charge in [0.1, 0.15) is 5.69 Å². The second-order valence-electron chi connectivity index (χ2n) is 4.19. The molecule has 1 aromatic carbocycles. The molecule has 0 aliphatic carbocycles. The van der Waals surface area contributed by atoms with Gasteiger partial charge in [0.05, 0.1) is 11.0 Å². The van der Waals surface area contributed by atoms with E-state index < -0.39 is 11.9 Å².